The van der Waals surface area contributed by atoms with Crippen molar-refractivity contribution in [3.8, 4) is 22.3 Å². The Balaban J connectivity index is 1.59. The summed E-state index contributed by atoms with van der Waals surface area (Å²) in [6.07, 6.45) is 3.33. The van der Waals surface area contributed by atoms with Gasteiger partial charge in [0.25, 0.3) is 5.89 Å². The van der Waals surface area contributed by atoms with Crippen molar-refractivity contribution in [3.05, 3.63) is 47.2 Å². The summed E-state index contributed by atoms with van der Waals surface area (Å²) in [5.74, 6) is 2.83. The van der Waals surface area contributed by atoms with Gasteiger partial charge in [-0.2, -0.15) is 0 Å². The quantitative estimate of drug-likeness (QED) is 0.621. The summed E-state index contributed by atoms with van der Waals surface area (Å²) in [5.41, 5.74) is 1.10. The minimum atomic E-state index is 0.121. The molecule has 1 unspecified atom stereocenters. The molecule has 3 aromatic rings. The molecule has 142 valence electrons. The van der Waals surface area contributed by atoms with E-state index in [1.54, 1.807) is 25.6 Å². The van der Waals surface area contributed by atoms with E-state index >= 15 is 0 Å². The standard InChI is InChI=1S/C20H23N3O3S/c1-24-16-9-5-7-14(18(16)25-2)13-23-11-4-3-8-15(23)19-21-22-20(26-19)17-10-6-12-27-17/h5-7,9-10,12,15H,3-4,8,11,13H2,1-2H3. The van der Waals surface area contributed by atoms with Crippen molar-refractivity contribution < 1.29 is 13.9 Å². The zero-order chi connectivity index (χ0) is 18.6. The third-order valence-corrected chi connectivity index (χ3v) is 5.79. The van der Waals surface area contributed by atoms with Crippen LogP contribution in [-0.4, -0.2) is 35.9 Å². The first-order valence-electron chi connectivity index (χ1n) is 9.11. The van der Waals surface area contributed by atoms with E-state index in [1.807, 2.05) is 29.6 Å². The fourth-order valence-electron chi connectivity index (χ4n) is 3.63. The van der Waals surface area contributed by atoms with Gasteiger partial charge in [0.1, 0.15) is 0 Å². The van der Waals surface area contributed by atoms with Crippen LogP contribution < -0.4 is 9.47 Å². The third kappa shape index (κ3) is 3.70. The number of rotatable bonds is 6. The van der Waals surface area contributed by atoms with Gasteiger partial charge in [-0.1, -0.05) is 24.6 Å². The van der Waals surface area contributed by atoms with Crippen LogP contribution in [0.5, 0.6) is 11.5 Å². The molecule has 0 radical (unpaired) electrons. The first-order valence-corrected chi connectivity index (χ1v) is 9.99. The van der Waals surface area contributed by atoms with E-state index in [0.29, 0.717) is 11.8 Å². The third-order valence-electron chi connectivity index (χ3n) is 4.93. The van der Waals surface area contributed by atoms with E-state index in [9.17, 15) is 0 Å². The smallest absolute Gasteiger partial charge is 0.257 e. The number of para-hydroxylation sites is 1. The Kier molecular flexibility index (Phi) is 5.40. The van der Waals surface area contributed by atoms with Crippen molar-refractivity contribution in [3.63, 3.8) is 0 Å². The number of thiophene rings is 1. The molecule has 1 aromatic carbocycles. The molecule has 0 bridgehead atoms. The zero-order valence-electron chi connectivity index (χ0n) is 15.6. The van der Waals surface area contributed by atoms with Gasteiger partial charge in [-0.25, -0.2) is 0 Å². The number of benzene rings is 1. The second-order valence-corrected chi connectivity index (χ2v) is 7.51. The van der Waals surface area contributed by atoms with Crippen molar-refractivity contribution >= 4 is 11.3 Å². The lowest BCUT2D eigenvalue weighted by atomic mass is 10.0. The van der Waals surface area contributed by atoms with Crippen LogP contribution in [0.4, 0.5) is 0 Å². The van der Waals surface area contributed by atoms with E-state index in [1.165, 1.54) is 0 Å². The van der Waals surface area contributed by atoms with E-state index in [-0.39, 0.29) is 6.04 Å². The van der Waals surface area contributed by atoms with Crippen LogP contribution in [0, 0.1) is 0 Å². The van der Waals surface area contributed by atoms with Crippen LogP contribution in [-0.2, 0) is 6.54 Å². The molecule has 1 aliphatic heterocycles. The van der Waals surface area contributed by atoms with E-state index in [4.69, 9.17) is 13.9 Å². The Morgan fingerprint density at radius 2 is 2.07 bits per heavy atom. The van der Waals surface area contributed by atoms with Gasteiger partial charge in [0.05, 0.1) is 25.1 Å². The lowest BCUT2D eigenvalue weighted by Gasteiger charge is -2.33. The number of aromatic nitrogens is 2. The Labute approximate surface area is 162 Å². The van der Waals surface area contributed by atoms with Gasteiger partial charge < -0.3 is 13.9 Å². The van der Waals surface area contributed by atoms with Gasteiger partial charge in [0, 0.05) is 12.1 Å². The number of methoxy groups -OCH3 is 2. The maximum absolute atomic E-state index is 6.03. The average molecular weight is 385 g/mol. The maximum atomic E-state index is 6.03. The predicted molar refractivity (Wildman–Crippen MR) is 104 cm³/mol. The topological polar surface area (TPSA) is 60.6 Å². The molecule has 0 spiro atoms. The van der Waals surface area contributed by atoms with Crippen LogP contribution in [0.1, 0.15) is 36.8 Å². The fraction of sp³-hybridized carbons (Fsp3) is 0.400. The number of ether oxygens (including phenoxy) is 2. The van der Waals surface area contributed by atoms with Crippen LogP contribution in [0.25, 0.3) is 10.8 Å². The number of likely N-dealkylation sites (tertiary alicyclic amines) is 1. The van der Waals surface area contributed by atoms with Gasteiger partial charge in [0.15, 0.2) is 11.5 Å². The van der Waals surface area contributed by atoms with Gasteiger partial charge in [-0.15, -0.1) is 21.5 Å². The highest BCUT2D eigenvalue weighted by Gasteiger charge is 2.29. The molecule has 0 saturated carbocycles. The summed E-state index contributed by atoms with van der Waals surface area (Å²) in [4.78, 5) is 3.40. The molecule has 7 heteroatoms. The predicted octanol–water partition coefficient (Wildman–Crippen LogP) is 4.54. The summed E-state index contributed by atoms with van der Waals surface area (Å²) < 4.78 is 17.1. The lowest BCUT2D eigenvalue weighted by molar-refractivity contribution is 0.117. The first kappa shape index (κ1) is 18.0. The van der Waals surface area contributed by atoms with Gasteiger partial charge >= 0.3 is 0 Å². The summed E-state index contributed by atoms with van der Waals surface area (Å²) in [7, 11) is 3.34. The second kappa shape index (κ2) is 8.10. The molecule has 1 saturated heterocycles. The normalized spacial score (nSPS) is 17.8. The molecule has 6 nitrogen and oxygen atoms in total. The van der Waals surface area contributed by atoms with Crippen molar-refractivity contribution in [1.82, 2.24) is 15.1 Å². The average Bonchev–Trinajstić information content (AvgIpc) is 3.40. The van der Waals surface area contributed by atoms with Crippen molar-refractivity contribution in [2.75, 3.05) is 20.8 Å². The summed E-state index contributed by atoms with van der Waals surface area (Å²) in [5, 5.41) is 10.6. The molecular formula is C20H23N3O3S. The van der Waals surface area contributed by atoms with Gasteiger partial charge in [0.2, 0.25) is 5.89 Å². The van der Waals surface area contributed by atoms with E-state index in [0.717, 1.165) is 54.3 Å². The molecule has 4 rings (SSSR count). The Morgan fingerprint density at radius 3 is 2.85 bits per heavy atom. The van der Waals surface area contributed by atoms with Crippen LogP contribution in [0.3, 0.4) is 0 Å². The first-order chi connectivity index (χ1) is 13.3. The summed E-state index contributed by atoms with van der Waals surface area (Å²) in [6, 6.07) is 10.1. The molecule has 2 aromatic heterocycles. The molecular weight excluding hydrogens is 362 g/mol. The van der Waals surface area contributed by atoms with Crippen LogP contribution in [0.2, 0.25) is 0 Å². The Morgan fingerprint density at radius 1 is 1.15 bits per heavy atom. The highest BCUT2D eigenvalue weighted by molar-refractivity contribution is 7.13. The number of hydrogen-bond donors (Lipinski definition) is 0. The maximum Gasteiger partial charge on any atom is 0.257 e. The highest BCUT2D eigenvalue weighted by atomic mass is 32.1. The van der Waals surface area contributed by atoms with E-state index in [2.05, 4.69) is 21.2 Å². The minimum absolute atomic E-state index is 0.121. The van der Waals surface area contributed by atoms with Crippen LogP contribution in [0.15, 0.2) is 40.1 Å². The molecule has 1 aliphatic rings. The Hall–Kier alpha value is -2.38. The molecule has 1 fully saturated rings. The van der Waals surface area contributed by atoms with Gasteiger partial charge in [-0.3, -0.25) is 4.90 Å². The zero-order valence-corrected chi connectivity index (χ0v) is 16.4. The number of nitrogens with zero attached hydrogens (tertiary/aromatic N) is 3. The van der Waals surface area contributed by atoms with Crippen molar-refractivity contribution in [1.29, 1.82) is 0 Å². The summed E-state index contributed by atoms with van der Waals surface area (Å²) in [6.45, 7) is 1.74. The fourth-order valence-corrected chi connectivity index (χ4v) is 4.27. The highest BCUT2D eigenvalue weighted by Crippen LogP contribution is 2.37. The van der Waals surface area contributed by atoms with E-state index < -0.39 is 0 Å². The Bertz CT molecular complexity index is 878. The largest absolute Gasteiger partial charge is 0.493 e. The molecule has 1 atom stereocenters. The number of hydrogen-bond acceptors (Lipinski definition) is 7. The SMILES string of the molecule is COc1cccc(CN2CCCCC2c2nnc(-c3cccs3)o2)c1OC. The number of piperidine rings is 1. The summed E-state index contributed by atoms with van der Waals surface area (Å²) >= 11 is 1.61. The molecule has 3 heterocycles. The molecule has 0 N–H and O–H groups in total. The molecule has 27 heavy (non-hydrogen) atoms. The van der Waals surface area contributed by atoms with Gasteiger partial charge in [-0.05, 0) is 36.9 Å². The second-order valence-electron chi connectivity index (χ2n) is 6.56. The monoisotopic (exact) mass is 385 g/mol. The lowest BCUT2D eigenvalue weighted by Crippen LogP contribution is -2.33. The van der Waals surface area contributed by atoms with Crippen molar-refractivity contribution in [2.45, 2.75) is 31.8 Å². The minimum Gasteiger partial charge on any atom is -0.493 e. The van der Waals surface area contributed by atoms with Crippen molar-refractivity contribution in [2.24, 2.45) is 0 Å². The van der Waals surface area contributed by atoms with Crippen LogP contribution >= 0.6 is 11.3 Å². The molecule has 0 aliphatic carbocycles. The molecule has 0 amide bonds.